The first-order chi connectivity index (χ1) is 9.30. The summed E-state index contributed by atoms with van der Waals surface area (Å²) in [5, 5.41) is 3.86. The van der Waals surface area contributed by atoms with Gasteiger partial charge >= 0.3 is 0 Å². The summed E-state index contributed by atoms with van der Waals surface area (Å²) in [5.74, 6) is 0.587. The second-order valence-corrected chi connectivity index (χ2v) is 6.51. The number of carbonyl (C=O) groups is 1. The highest BCUT2D eigenvalue weighted by Crippen LogP contribution is 2.27. The zero-order valence-electron chi connectivity index (χ0n) is 13.0. The maximum atomic E-state index is 12.6. The third kappa shape index (κ3) is 3.03. The van der Waals surface area contributed by atoms with Crippen LogP contribution in [-0.2, 0) is 4.74 Å². The van der Waals surface area contributed by atoms with Gasteiger partial charge < -0.3 is 14.2 Å². The van der Waals surface area contributed by atoms with Crippen molar-refractivity contribution in [3.63, 3.8) is 0 Å². The maximum absolute atomic E-state index is 12.6. The van der Waals surface area contributed by atoms with Crippen LogP contribution >= 0.6 is 0 Å². The molecule has 1 amide bonds. The molecule has 0 radical (unpaired) electrons. The normalized spacial score (nSPS) is 20.9. The van der Waals surface area contributed by atoms with Gasteiger partial charge in [0.15, 0.2) is 0 Å². The average molecular weight is 280 g/mol. The molecule has 0 saturated carbocycles. The van der Waals surface area contributed by atoms with Crippen molar-refractivity contribution in [1.29, 1.82) is 0 Å². The molecule has 0 N–H and O–H groups in total. The van der Waals surface area contributed by atoms with Crippen LogP contribution in [0.15, 0.2) is 4.52 Å². The summed E-state index contributed by atoms with van der Waals surface area (Å²) in [5.41, 5.74) is 1.35. The van der Waals surface area contributed by atoms with Crippen LogP contribution in [-0.4, -0.2) is 41.8 Å². The van der Waals surface area contributed by atoms with E-state index in [0.29, 0.717) is 36.7 Å². The van der Waals surface area contributed by atoms with E-state index in [1.807, 2.05) is 4.90 Å². The van der Waals surface area contributed by atoms with Crippen LogP contribution < -0.4 is 0 Å². The first-order valence-electron chi connectivity index (χ1n) is 7.14. The molecular weight excluding hydrogens is 256 g/mol. The van der Waals surface area contributed by atoms with E-state index in [-0.39, 0.29) is 17.4 Å². The van der Waals surface area contributed by atoms with Gasteiger partial charge in [0.1, 0.15) is 11.3 Å². The Hall–Kier alpha value is -1.36. The quantitative estimate of drug-likeness (QED) is 0.793. The van der Waals surface area contributed by atoms with Crippen LogP contribution in [0.1, 0.15) is 49.0 Å². The number of hydrogen-bond acceptors (Lipinski definition) is 4. The predicted molar refractivity (Wildman–Crippen MR) is 75.7 cm³/mol. The Kier molecular flexibility index (Phi) is 4.18. The highest BCUT2D eigenvalue weighted by Gasteiger charge is 2.31. The first kappa shape index (κ1) is 15.0. The van der Waals surface area contributed by atoms with E-state index in [4.69, 9.17) is 9.26 Å². The standard InChI is InChI=1S/C15H24N2O3/c1-10-13(11(2)20-16-10)14(18)17-7-6-12(15(3,4)5)19-9-8-17/h12H,6-9H2,1-5H3. The number of carbonyl (C=O) groups excluding carboxylic acids is 1. The second kappa shape index (κ2) is 5.56. The lowest BCUT2D eigenvalue weighted by atomic mass is 9.87. The third-order valence-electron chi connectivity index (χ3n) is 3.84. The molecule has 1 saturated heterocycles. The van der Waals surface area contributed by atoms with E-state index in [0.717, 1.165) is 6.42 Å². The van der Waals surface area contributed by atoms with Crippen molar-refractivity contribution in [1.82, 2.24) is 10.1 Å². The van der Waals surface area contributed by atoms with E-state index in [2.05, 4.69) is 25.9 Å². The highest BCUT2D eigenvalue weighted by molar-refractivity contribution is 5.96. The minimum absolute atomic E-state index is 0.000547. The van der Waals surface area contributed by atoms with Crippen molar-refractivity contribution in [3.8, 4) is 0 Å². The summed E-state index contributed by atoms with van der Waals surface area (Å²) in [6.07, 6.45) is 1.04. The van der Waals surface area contributed by atoms with Gasteiger partial charge in [-0.2, -0.15) is 0 Å². The Labute approximate surface area is 120 Å². The van der Waals surface area contributed by atoms with Gasteiger partial charge in [-0.15, -0.1) is 0 Å². The highest BCUT2D eigenvalue weighted by atomic mass is 16.5. The lowest BCUT2D eigenvalue weighted by molar-refractivity contribution is -0.00973. The molecule has 1 atom stereocenters. The third-order valence-corrected chi connectivity index (χ3v) is 3.84. The second-order valence-electron chi connectivity index (χ2n) is 6.51. The Morgan fingerprint density at radius 1 is 1.30 bits per heavy atom. The van der Waals surface area contributed by atoms with Crippen molar-refractivity contribution in [2.45, 2.75) is 47.1 Å². The molecule has 1 aliphatic rings. The van der Waals surface area contributed by atoms with Gasteiger partial charge in [0.25, 0.3) is 5.91 Å². The lowest BCUT2D eigenvalue weighted by Gasteiger charge is -2.29. The molecule has 2 rings (SSSR count). The molecule has 0 bridgehead atoms. The topological polar surface area (TPSA) is 55.6 Å². The summed E-state index contributed by atoms with van der Waals surface area (Å²) in [7, 11) is 0. The number of aryl methyl sites for hydroxylation is 2. The summed E-state index contributed by atoms with van der Waals surface area (Å²) in [4.78, 5) is 14.4. The van der Waals surface area contributed by atoms with Crippen LogP contribution in [0, 0.1) is 19.3 Å². The molecule has 1 unspecified atom stereocenters. The molecule has 5 nitrogen and oxygen atoms in total. The molecule has 0 aliphatic carbocycles. The Bertz CT molecular complexity index is 468. The maximum Gasteiger partial charge on any atom is 0.259 e. The van der Waals surface area contributed by atoms with Crippen molar-refractivity contribution in [2.24, 2.45) is 5.41 Å². The molecule has 1 fully saturated rings. The zero-order chi connectivity index (χ0) is 14.9. The van der Waals surface area contributed by atoms with Crippen molar-refractivity contribution < 1.29 is 14.1 Å². The summed E-state index contributed by atoms with van der Waals surface area (Å²) < 4.78 is 11.0. The number of ether oxygens (including phenoxy) is 1. The molecule has 20 heavy (non-hydrogen) atoms. The average Bonchev–Trinajstić information content (AvgIpc) is 2.58. The van der Waals surface area contributed by atoms with Crippen LogP contribution in [0.25, 0.3) is 0 Å². The minimum atomic E-state index is -0.000547. The van der Waals surface area contributed by atoms with Gasteiger partial charge in [0.2, 0.25) is 0 Å². The lowest BCUT2D eigenvalue weighted by Crippen LogP contribution is -2.34. The summed E-state index contributed by atoms with van der Waals surface area (Å²) >= 11 is 0. The number of aromatic nitrogens is 1. The van der Waals surface area contributed by atoms with Gasteiger partial charge in [0, 0.05) is 13.1 Å². The van der Waals surface area contributed by atoms with Gasteiger partial charge in [-0.25, -0.2) is 0 Å². The number of nitrogens with zero attached hydrogens (tertiary/aromatic N) is 2. The monoisotopic (exact) mass is 280 g/mol. The Morgan fingerprint density at radius 3 is 2.55 bits per heavy atom. The van der Waals surface area contributed by atoms with Gasteiger partial charge in [-0.05, 0) is 25.7 Å². The summed E-state index contributed by atoms with van der Waals surface area (Å²) in [6, 6.07) is 0. The molecule has 5 heteroatoms. The number of hydrogen-bond donors (Lipinski definition) is 0. The Morgan fingerprint density at radius 2 is 2.00 bits per heavy atom. The number of rotatable bonds is 1. The van der Waals surface area contributed by atoms with Crippen LogP contribution in [0.4, 0.5) is 0 Å². The fourth-order valence-electron chi connectivity index (χ4n) is 2.61. The van der Waals surface area contributed by atoms with E-state index in [1.165, 1.54) is 0 Å². The minimum Gasteiger partial charge on any atom is -0.376 e. The molecular formula is C15H24N2O3. The fraction of sp³-hybridized carbons (Fsp3) is 0.733. The van der Waals surface area contributed by atoms with E-state index >= 15 is 0 Å². The van der Waals surface area contributed by atoms with Crippen molar-refractivity contribution in [2.75, 3.05) is 19.7 Å². The van der Waals surface area contributed by atoms with Crippen LogP contribution in [0.3, 0.4) is 0 Å². The van der Waals surface area contributed by atoms with Crippen LogP contribution in [0.2, 0.25) is 0 Å². The predicted octanol–water partition coefficient (Wildman–Crippen LogP) is 2.57. The van der Waals surface area contributed by atoms with Crippen LogP contribution in [0.5, 0.6) is 0 Å². The van der Waals surface area contributed by atoms with Gasteiger partial charge in [-0.3, -0.25) is 4.79 Å². The molecule has 0 aromatic carbocycles. The fourth-order valence-corrected chi connectivity index (χ4v) is 2.61. The first-order valence-corrected chi connectivity index (χ1v) is 7.14. The van der Waals surface area contributed by atoms with E-state index in [9.17, 15) is 4.79 Å². The van der Waals surface area contributed by atoms with Crippen molar-refractivity contribution in [3.05, 3.63) is 17.0 Å². The molecule has 1 aliphatic heterocycles. The smallest absolute Gasteiger partial charge is 0.259 e. The molecule has 0 spiro atoms. The van der Waals surface area contributed by atoms with E-state index in [1.54, 1.807) is 13.8 Å². The Balaban J connectivity index is 2.09. The number of amides is 1. The molecule has 1 aromatic rings. The molecule has 112 valence electrons. The SMILES string of the molecule is Cc1noc(C)c1C(=O)N1CCOC(C(C)(C)C)CC1. The zero-order valence-corrected chi connectivity index (χ0v) is 13.0. The van der Waals surface area contributed by atoms with Gasteiger partial charge in [-0.1, -0.05) is 25.9 Å². The van der Waals surface area contributed by atoms with Gasteiger partial charge in [0.05, 0.1) is 18.4 Å². The summed E-state index contributed by atoms with van der Waals surface area (Å²) in [6.45, 7) is 12.0. The molecule has 1 aromatic heterocycles. The van der Waals surface area contributed by atoms with Crippen molar-refractivity contribution >= 4 is 5.91 Å². The van der Waals surface area contributed by atoms with E-state index < -0.39 is 0 Å². The molecule has 2 heterocycles. The largest absolute Gasteiger partial charge is 0.376 e.